The maximum atomic E-state index is 12.8. The zero-order valence-electron chi connectivity index (χ0n) is 22.4. The summed E-state index contributed by atoms with van der Waals surface area (Å²) in [5, 5.41) is 19.3. The first kappa shape index (κ1) is 28.4. The van der Waals surface area contributed by atoms with Gasteiger partial charge in [-0.2, -0.15) is 0 Å². The third kappa shape index (κ3) is 6.43. The molecule has 0 aliphatic rings. The van der Waals surface area contributed by atoms with Crippen LogP contribution in [0.25, 0.3) is 0 Å². The van der Waals surface area contributed by atoms with Gasteiger partial charge < -0.3 is 19.8 Å². The summed E-state index contributed by atoms with van der Waals surface area (Å²) in [6.45, 7) is 14.1. The number of aliphatic hydroxyl groups excluding tert-OH is 1. The zero-order valence-corrected chi connectivity index (χ0v) is 22.4. The van der Waals surface area contributed by atoms with Gasteiger partial charge in [0, 0.05) is 18.0 Å². The fourth-order valence-electron chi connectivity index (χ4n) is 4.44. The lowest BCUT2D eigenvalue weighted by Gasteiger charge is -2.34. The number of carboxylic acids is 1. The number of rotatable bonds is 10. The molecule has 0 bridgehead atoms. The van der Waals surface area contributed by atoms with Crippen LogP contribution in [0.4, 0.5) is 0 Å². The fraction of sp³-hybridized carbons (Fsp3) is 0.517. The largest absolute Gasteiger partial charge is 0.491 e. The Morgan fingerprint density at radius 1 is 0.971 bits per heavy atom. The summed E-state index contributed by atoms with van der Waals surface area (Å²) in [5.41, 5.74) is 4.14. The summed E-state index contributed by atoms with van der Waals surface area (Å²) in [6.07, 6.45) is 1.18. The standard InChI is InChI=1S/C29H41NO5/c1-9-29(10-2,21-11-13-23(19(3)15-21)27(34)30(8)17-26(32)33)22-12-14-24(20(4)16-22)35-18-25(31)28(5,6)7/h11-16,25,31H,9-10,17-18H2,1-8H3,(H,32,33)/t25-/m1/s1. The van der Waals surface area contributed by atoms with E-state index in [0.717, 1.165) is 35.3 Å². The van der Waals surface area contributed by atoms with Crippen LogP contribution in [0.1, 0.15) is 80.1 Å². The molecule has 6 heteroatoms. The van der Waals surface area contributed by atoms with E-state index in [1.54, 1.807) is 0 Å². The molecule has 2 N–H and O–H groups in total. The molecule has 0 unspecified atom stereocenters. The highest BCUT2D eigenvalue weighted by Gasteiger charge is 2.32. The molecule has 0 saturated carbocycles. The molecule has 0 radical (unpaired) electrons. The van der Waals surface area contributed by atoms with Gasteiger partial charge in [0.1, 0.15) is 18.9 Å². The van der Waals surface area contributed by atoms with Crippen LogP contribution in [0.2, 0.25) is 0 Å². The molecule has 0 aliphatic carbocycles. The number of hydrogen-bond acceptors (Lipinski definition) is 4. The van der Waals surface area contributed by atoms with E-state index < -0.39 is 12.1 Å². The Kier molecular flexibility index (Phi) is 9.12. The number of aliphatic carboxylic acids is 1. The molecule has 1 amide bonds. The molecule has 6 nitrogen and oxygen atoms in total. The Balaban J connectivity index is 2.38. The van der Waals surface area contributed by atoms with Gasteiger partial charge in [-0.15, -0.1) is 0 Å². The van der Waals surface area contributed by atoms with Crippen molar-refractivity contribution in [3.05, 3.63) is 64.2 Å². The quantitative estimate of drug-likeness (QED) is 0.476. The van der Waals surface area contributed by atoms with E-state index in [1.807, 2.05) is 58.9 Å². The van der Waals surface area contributed by atoms with Crippen molar-refractivity contribution < 1.29 is 24.5 Å². The summed E-state index contributed by atoms with van der Waals surface area (Å²) in [6, 6.07) is 12.1. The molecular weight excluding hydrogens is 442 g/mol. The van der Waals surface area contributed by atoms with E-state index in [9.17, 15) is 14.7 Å². The molecule has 35 heavy (non-hydrogen) atoms. The molecular formula is C29H41NO5. The van der Waals surface area contributed by atoms with Crippen LogP contribution in [-0.2, 0) is 10.2 Å². The lowest BCUT2D eigenvalue weighted by atomic mass is 9.70. The lowest BCUT2D eigenvalue weighted by Crippen LogP contribution is -2.32. The predicted molar refractivity (Wildman–Crippen MR) is 139 cm³/mol. The second kappa shape index (κ2) is 11.3. The first-order chi connectivity index (χ1) is 16.3. The Labute approximate surface area is 209 Å². The van der Waals surface area contributed by atoms with Gasteiger partial charge in [-0.05, 0) is 66.5 Å². The maximum Gasteiger partial charge on any atom is 0.323 e. The molecule has 2 aromatic rings. The molecule has 2 rings (SSSR count). The molecule has 0 aliphatic heterocycles. The van der Waals surface area contributed by atoms with Crippen LogP contribution >= 0.6 is 0 Å². The molecule has 0 saturated heterocycles. The minimum atomic E-state index is -1.04. The van der Waals surface area contributed by atoms with Gasteiger partial charge in [0.15, 0.2) is 0 Å². The van der Waals surface area contributed by atoms with E-state index in [2.05, 4.69) is 26.0 Å². The van der Waals surface area contributed by atoms with Crippen molar-refractivity contribution in [1.29, 1.82) is 0 Å². The van der Waals surface area contributed by atoms with E-state index in [1.165, 1.54) is 17.5 Å². The third-order valence-electron chi connectivity index (χ3n) is 7.06. The van der Waals surface area contributed by atoms with Gasteiger partial charge in [-0.3, -0.25) is 9.59 Å². The number of aliphatic hydroxyl groups is 1. The van der Waals surface area contributed by atoms with Gasteiger partial charge in [0.05, 0.1) is 6.10 Å². The first-order valence-electron chi connectivity index (χ1n) is 12.3. The van der Waals surface area contributed by atoms with E-state index in [4.69, 9.17) is 9.84 Å². The second-order valence-electron chi connectivity index (χ2n) is 10.5. The highest BCUT2D eigenvalue weighted by atomic mass is 16.5. The van der Waals surface area contributed by atoms with Gasteiger partial charge in [0.25, 0.3) is 5.91 Å². The van der Waals surface area contributed by atoms with Gasteiger partial charge in [-0.25, -0.2) is 0 Å². The smallest absolute Gasteiger partial charge is 0.323 e. The summed E-state index contributed by atoms with van der Waals surface area (Å²) in [5.74, 6) is -0.580. The monoisotopic (exact) mass is 483 g/mol. The number of hydrogen-bond donors (Lipinski definition) is 2. The van der Waals surface area contributed by atoms with Gasteiger partial charge in [0.2, 0.25) is 0 Å². The number of carboxylic acid groups (broad SMARTS) is 1. The molecule has 2 aromatic carbocycles. The van der Waals surface area contributed by atoms with Crippen LogP contribution in [0.15, 0.2) is 36.4 Å². The number of carbonyl (C=O) groups is 2. The average Bonchev–Trinajstić information content (AvgIpc) is 2.78. The zero-order chi connectivity index (χ0) is 26.6. The predicted octanol–water partition coefficient (Wildman–Crippen LogP) is 5.35. The van der Waals surface area contributed by atoms with Crippen LogP contribution in [0, 0.1) is 19.3 Å². The van der Waals surface area contributed by atoms with E-state index >= 15 is 0 Å². The number of carbonyl (C=O) groups excluding carboxylic acids is 1. The number of amides is 1. The lowest BCUT2D eigenvalue weighted by molar-refractivity contribution is -0.137. The Bertz CT molecular complexity index is 1050. The Morgan fingerprint density at radius 2 is 1.51 bits per heavy atom. The van der Waals surface area contributed by atoms with Crippen molar-refractivity contribution in [2.24, 2.45) is 5.41 Å². The van der Waals surface area contributed by atoms with Crippen molar-refractivity contribution in [2.45, 2.75) is 72.8 Å². The molecule has 0 heterocycles. The van der Waals surface area contributed by atoms with Crippen molar-refractivity contribution in [1.82, 2.24) is 4.90 Å². The summed E-state index contributed by atoms with van der Waals surface area (Å²) >= 11 is 0. The minimum Gasteiger partial charge on any atom is -0.491 e. The highest BCUT2D eigenvalue weighted by molar-refractivity contribution is 5.97. The van der Waals surface area contributed by atoms with Gasteiger partial charge >= 0.3 is 5.97 Å². The van der Waals surface area contributed by atoms with Crippen LogP contribution in [-0.4, -0.2) is 53.3 Å². The second-order valence-corrected chi connectivity index (χ2v) is 10.5. The third-order valence-corrected chi connectivity index (χ3v) is 7.06. The molecule has 0 aromatic heterocycles. The fourth-order valence-corrected chi connectivity index (χ4v) is 4.44. The van der Waals surface area contributed by atoms with Crippen molar-refractivity contribution in [2.75, 3.05) is 20.2 Å². The number of nitrogens with zero attached hydrogens (tertiary/aromatic N) is 1. The van der Waals surface area contributed by atoms with Gasteiger partial charge in [-0.1, -0.05) is 58.9 Å². The summed E-state index contributed by atoms with van der Waals surface area (Å²) in [7, 11) is 1.50. The Morgan fingerprint density at radius 3 is 1.97 bits per heavy atom. The number of benzene rings is 2. The van der Waals surface area contributed by atoms with Crippen molar-refractivity contribution in [3.63, 3.8) is 0 Å². The molecule has 192 valence electrons. The summed E-state index contributed by atoms with van der Waals surface area (Å²) < 4.78 is 5.94. The first-order valence-corrected chi connectivity index (χ1v) is 12.3. The highest BCUT2D eigenvalue weighted by Crippen LogP contribution is 2.41. The molecule has 1 atom stereocenters. The van der Waals surface area contributed by atoms with Crippen LogP contribution in [0.5, 0.6) is 5.75 Å². The maximum absolute atomic E-state index is 12.8. The minimum absolute atomic E-state index is 0.237. The average molecular weight is 484 g/mol. The molecule has 0 spiro atoms. The van der Waals surface area contributed by atoms with E-state index in [0.29, 0.717) is 5.56 Å². The van der Waals surface area contributed by atoms with Crippen molar-refractivity contribution in [3.8, 4) is 5.75 Å². The number of aryl methyl sites for hydroxylation is 2. The topological polar surface area (TPSA) is 87.1 Å². The van der Waals surface area contributed by atoms with E-state index in [-0.39, 0.29) is 29.9 Å². The normalized spacial score (nSPS) is 12.8. The Hall–Kier alpha value is -2.86. The number of ether oxygens (including phenoxy) is 1. The number of likely N-dealkylation sites (N-methyl/N-ethyl adjacent to an activating group) is 1. The van der Waals surface area contributed by atoms with Crippen LogP contribution < -0.4 is 4.74 Å². The van der Waals surface area contributed by atoms with Crippen LogP contribution in [0.3, 0.4) is 0 Å². The van der Waals surface area contributed by atoms with Crippen molar-refractivity contribution >= 4 is 11.9 Å². The summed E-state index contributed by atoms with van der Waals surface area (Å²) in [4.78, 5) is 25.0. The molecule has 0 fully saturated rings. The SMILES string of the molecule is CCC(CC)(c1ccc(OC[C@@H](O)C(C)(C)C)c(C)c1)c1ccc(C(=O)N(C)CC(=O)O)c(C)c1.